The Kier molecular flexibility index (Phi) is 4.87. The maximum absolute atomic E-state index is 4.79. The first-order valence-electron chi connectivity index (χ1n) is 14.2. The van der Waals surface area contributed by atoms with Crippen LogP contribution in [0.4, 0.5) is 0 Å². The molecule has 0 fully saturated rings. The van der Waals surface area contributed by atoms with Crippen molar-refractivity contribution in [3.05, 3.63) is 146 Å². The van der Waals surface area contributed by atoms with Crippen molar-refractivity contribution in [1.29, 1.82) is 0 Å². The molecule has 9 aromatic rings. The number of pyridine rings is 2. The SMILES string of the molecule is c1ccc(-c2ccc3c4ccccc4n(-c4cc5c(c6ccccc46)c4ccccc4n5-c4ccccn4)c3c2)nc1. The van der Waals surface area contributed by atoms with E-state index in [1.807, 2.05) is 30.6 Å². The first kappa shape index (κ1) is 23.0. The highest BCUT2D eigenvalue weighted by molar-refractivity contribution is 6.24. The molecule has 0 radical (unpaired) electrons. The monoisotopic (exact) mass is 536 g/mol. The van der Waals surface area contributed by atoms with E-state index in [2.05, 4.69) is 129 Å². The molecule has 0 aliphatic heterocycles. The van der Waals surface area contributed by atoms with E-state index >= 15 is 0 Å². The zero-order chi connectivity index (χ0) is 27.6. The Morgan fingerprint density at radius 1 is 0.405 bits per heavy atom. The fraction of sp³-hybridized carbons (Fsp3) is 0. The molecule has 0 saturated carbocycles. The molecule has 4 aromatic heterocycles. The zero-order valence-corrected chi connectivity index (χ0v) is 22.6. The van der Waals surface area contributed by atoms with E-state index in [-0.39, 0.29) is 0 Å². The summed E-state index contributed by atoms with van der Waals surface area (Å²) in [4.78, 5) is 9.44. The van der Waals surface area contributed by atoms with Crippen LogP contribution in [-0.2, 0) is 0 Å². The Balaban J connectivity index is 1.47. The summed E-state index contributed by atoms with van der Waals surface area (Å²) < 4.78 is 4.73. The fourth-order valence-corrected chi connectivity index (χ4v) is 6.65. The fourth-order valence-electron chi connectivity index (χ4n) is 6.65. The van der Waals surface area contributed by atoms with Crippen LogP contribution in [0.25, 0.3) is 77.1 Å². The van der Waals surface area contributed by atoms with Crippen molar-refractivity contribution in [2.45, 2.75) is 0 Å². The van der Waals surface area contributed by atoms with Gasteiger partial charge in [0.05, 0.1) is 33.4 Å². The van der Waals surface area contributed by atoms with Crippen molar-refractivity contribution in [3.63, 3.8) is 0 Å². The molecule has 5 aromatic carbocycles. The van der Waals surface area contributed by atoms with Crippen molar-refractivity contribution in [1.82, 2.24) is 19.1 Å². The molecule has 42 heavy (non-hydrogen) atoms. The minimum Gasteiger partial charge on any atom is -0.309 e. The topological polar surface area (TPSA) is 35.6 Å². The lowest BCUT2D eigenvalue weighted by molar-refractivity contribution is 1.08. The van der Waals surface area contributed by atoms with Gasteiger partial charge in [0.2, 0.25) is 0 Å². The molecule has 4 heteroatoms. The molecule has 0 aliphatic rings. The van der Waals surface area contributed by atoms with Crippen LogP contribution in [0, 0.1) is 0 Å². The standard InChI is InChI=1S/C38H24N4/c1-2-13-29-27(12-1)35(24-36-38(29)30-14-4-6-17-33(30)42(36)37-18-8-10-22-40-37)41-32-16-5-3-11-26(32)28-20-19-25(23-34(28)41)31-15-7-9-21-39-31/h1-24H. The zero-order valence-electron chi connectivity index (χ0n) is 22.6. The van der Waals surface area contributed by atoms with Crippen LogP contribution in [0.5, 0.6) is 0 Å². The van der Waals surface area contributed by atoms with Gasteiger partial charge in [-0.25, -0.2) is 4.98 Å². The Hall–Kier alpha value is -5.74. The van der Waals surface area contributed by atoms with Gasteiger partial charge in [-0.15, -0.1) is 0 Å². The lowest BCUT2D eigenvalue weighted by atomic mass is 10.0. The molecular weight excluding hydrogens is 512 g/mol. The van der Waals surface area contributed by atoms with E-state index in [0.717, 1.165) is 39.3 Å². The van der Waals surface area contributed by atoms with Gasteiger partial charge < -0.3 is 4.57 Å². The molecule has 4 heterocycles. The molecular formula is C38H24N4. The molecule has 0 N–H and O–H groups in total. The highest BCUT2D eigenvalue weighted by atomic mass is 15.1. The van der Waals surface area contributed by atoms with Gasteiger partial charge in [0.15, 0.2) is 0 Å². The average Bonchev–Trinajstić information content (AvgIpc) is 3.57. The van der Waals surface area contributed by atoms with Crippen LogP contribution in [0.2, 0.25) is 0 Å². The number of nitrogens with zero attached hydrogens (tertiary/aromatic N) is 4. The lowest BCUT2D eigenvalue weighted by Crippen LogP contribution is -1.99. The number of fused-ring (bicyclic) bond motifs is 8. The molecule has 9 rings (SSSR count). The van der Waals surface area contributed by atoms with E-state index in [9.17, 15) is 0 Å². The number of hydrogen-bond acceptors (Lipinski definition) is 2. The van der Waals surface area contributed by atoms with Crippen molar-refractivity contribution in [3.8, 4) is 22.8 Å². The minimum absolute atomic E-state index is 0.907. The third-order valence-electron chi connectivity index (χ3n) is 8.41. The second-order valence-electron chi connectivity index (χ2n) is 10.7. The highest BCUT2D eigenvalue weighted by Gasteiger charge is 2.20. The predicted molar refractivity (Wildman–Crippen MR) is 174 cm³/mol. The Morgan fingerprint density at radius 2 is 1.05 bits per heavy atom. The van der Waals surface area contributed by atoms with E-state index in [1.54, 1.807) is 0 Å². The number of rotatable bonds is 3. The molecule has 0 amide bonds. The van der Waals surface area contributed by atoms with Crippen LogP contribution in [0.1, 0.15) is 0 Å². The van der Waals surface area contributed by atoms with Gasteiger partial charge in [0, 0.05) is 44.9 Å². The van der Waals surface area contributed by atoms with Gasteiger partial charge in [0.25, 0.3) is 0 Å². The number of hydrogen-bond donors (Lipinski definition) is 0. The molecule has 0 bridgehead atoms. The summed E-state index contributed by atoms with van der Waals surface area (Å²) in [7, 11) is 0. The summed E-state index contributed by atoms with van der Waals surface area (Å²) in [5.74, 6) is 0.907. The number of para-hydroxylation sites is 2. The molecule has 0 aliphatic carbocycles. The van der Waals surface area contributed by atoms with Crippen LogP contribution in [0.15, 0.2) is 146 Å². The van der Waals surface area contributed by atoms with Gasteiger partial charge in [-0.2, -0.15) is 0 Å². The van der Waals surface area contributed by atoms with Crippen LogP contribution in [0.3, 0.4) is 0 Å². The van der Waals surface area contributed by atoms with Crippen molar-refractivity contribution in [2.24, 2.45) is 0 Å². The van der Waals surface area contributed by atoms with Crippen LogP contribution in [-0.4, -0.2) is 19.1 Å². The van der Waals surface area contributed by atoms with E-state index in [1.165, 1.54) is 37.8 Å². The quantitative estimate of drug-likeness (QED) is 0.225. The Bertz CT molecular complexity index is 2450. The minimum atomic E-state index is 0.907. The normalized spacial score (nSPS) is 11.8. The van der Waals surface area contributed by atoms with Gasteiger partial charge in [0.1, 0.15) is 5.82 Å². The smallest absolute Gasteiger partial charge is 0.137 e. The van der Waals surface area contributed by atoms with Gasteiger partial charge in [-0.05, 0) is 53.9 Å². The van der Waals surface area contributed by atoms with E-state index < -0.39 is 0 Å². The van der Waals surface area contributed by atoms with Crippen molar-refractivity contribution in [2.75, 3.05) is 0 Å². The summed E-state index contributed by atoms with van der Waals surface area (Å²) in [6.45, 7) is 0. The maximum atomic E-state index is 4.79. The summed E-state index contributed by atoms with van der Waals surface area (Å²) >= 11 is 0. The largest absolute Gasteiger partial charge is 0.309 e. The first-order chi connectivity index (χ1) is 20.9. The second-order valence-corrected chi connectivity index (χ2v) is 10.7. The van der Waals surface area contributed by atoms with Gasteiger partial charge in [-0.3, -0.25) is 9.55 Å². The van der Waals surface area contributed by atoms with E-state index in [0.29, 0.717) is 0 Å². The van der Waals surface area contributed by atoms with Crippen molar-refractivity contribution >= 4 is 54.4 Å². The van der Waals surface area contributed by atoms with Gasteiger partial charge >= 0.3 is 0 Å². The van der Waals surface area contributed by atoms with E-state index in [4.69, 9.17) is 4.98 Å². The third-order valence-corrected chi connectivity index (χ3v) is 8.41. The molecule has 0 spiro atoms. The Labute approximate surface area is 241 Å². The Morgan fingerprint density at radius 3 is 1.81 bits per heavy atom. The third kappa shape index (κ3) is 3.23. The maximum Gasteiger partial charge on any atom is 0.137 e. The average molecular weight is 537 g/mol. The molecule has 196 valence electrons. The summed E-state index contributed by atoms with van der Waals surface area (Å²) in [5, 5.41) is 7.35. The second kappa shape index (κ2) is 8.88. The molecule has 0 unspecified atom stereocenters. The summed E-state index contributed by atoms with van der Waals surface area (Å²) in [5.41, 5.74) is 7.82. The highest BCUT2D eigenvalue weighted by Crippen LogP contribution is 2.42. The molecule has 0 saturated heterocycles. The predicted octanol–water partition coefficient (Wildman–Crippen LogP) is 9.49. The molecule has 0 atom stereocenters. The first-order valence-corrected chi connectivity index (χ1v) is 14.2. The van der Waals surface area contributed by atoms with Gasteiger partial charge in [-0.1, -0.05) is 84.9 Å². The number of benzene rings is 5. The lowest BCUT2D eigenvalue weighted by Gasteiger charge is -2.15. The summed E-state index contributed by atoms with van der Waals surface area (Å²) in [6.07, 6.45) is 3.72. The van der Waals surface area contributed by atoms with Crippen LogP contribution >= 0.6 is 0 Å². The molecule has 4 nitrogen and oxygen atoms in total. The summed E-state index contributed by atoms with van der Waals surface area (Å²) in [6, 6.07) is 47.4. The van der Waals surface area contributed by atoms with Crippen LogP contribution < -0.4 is 0 Å². The number of aromatic nitrogens is 4. The van der Waals surface area contributed by atoms with Crippen molar-refractivity contribution < 1.29 is 0 Å².